The lowest BCUT2D eigenvalue weighted by Gasteiger charge is -2.09. The highest BCUT2D eigenvalue weighted by Gasteiger charge is 2.08. The number of aromatic nitrogens is 2. The lowest BCUT2D eigenvalue weighted by molar-refractivity contribution is 0.414. The molecule has 0 spiro atoms. The van der Waals surface area contributed by atoms with Gasteiger partial charge in [-0.05, 0) is 32.1 Å². The van der Waals surface area contributed by atoms with E-state index in [1.54, 1.807) is 6.07 Å². The predicted octanol–water partition coefficient (Wildman–Crippen LogP) is 0.666. The van der Waals surface area contributed by atoms with Crippen molar-refractivity contribution >= 4 is 11.0 Å². The third kappa shape index (κ3) is 1.94. The molecule has 1 aromatic carbocycles. The smallest absolute Gasteiger partial charge is 0.323 e. The lowest BCUT2D eigenvalue weighted by atomic mass is 10.1. The van der Waals surface area contributed by atoms with E-state index in [1.807, 2.05) is 20.2 Å². The van der Waals surface area contributed by atoms with Gasteiger partial charge in [-0.1, -0.05) is 6.07 Å². The minimum atomic E-state index is -0.289. The molecule has 0 unspecified atom stereocenters. The fraction of sp³-hybridized carbons (Fsp3) is 0.364. The second-order valence-electron chi connectivity index (χ2n) is 4.13. The molecule has 5 heteroatoms. The molecule has 0 amide bonds. The van der Waals surface area contributed by atoms with Crippen molar-refractivity contribution in [2.75, 3.05) is 20.6 Å². The van der Waals surface area contributed by atoms with Crippen LogP contribution in [0, 0.1) is 0 Å². The molecule has 86 valence electrons. The molecule has 0 aliphatic heterocycles. The zero-order valence-electron chi connectivity index (χ0n) is 9.37. The topological polar surface area (TPSA) is 72.1 Å². The molecule has 5 nitrogen and oxygen atoms in total. The molecule has 0 atom stereocenters. The first-order valence-corrected chi connectivity index (χ1v) is 5.15. The summed E-state index contributed by atoms with van der Waals surface area (Å²) < 4.78 is 0. The molecule has 16 heavy (non-hydrogen) atoms. The van der Waals surface area contributed by atoms with Gasteiger partial charge in [-0.2, -0.15) is 0 Å². The normalized spacial score (nSPS) is 11.4. The molecule has 0 radical (unpaired) electrons. The molecule has 0 saturated carbocycles. The largest absolute Gasteiger partial charge is 0.506 e. The maximum Gasteiger partial charge on any atom is 0.323 e. The van der Waals surface area contributed by atoms with Crippen LogP contribution in [0.15, 0.2) is 16.9 Å². The fourth-order valence-corrected chi connectivity index (χ4v) is 1.71. The van der Waals surface area contributed by atoms with Gasteiger partial charge < -0.3 is 20.0 Å². The number of benzene rings is 1. The van der Waals surface area contributed by atoms with Crippen LogP contribution in [0.5, 0.6) is 5.75 Å². The number of likely N-dealkylation sites (N-methyl/N-ethyl adjacent to an activating group) is 1. The van der Waals surface area contributed by atoms with Crippen LogP contribution in [-0.4, -0.2) is 40.6 Å². The summed E-state index contributed by atoms with van der Waals surface area (Å²) >= 11 is 0. The van der Waals surface area contributed by atoms with E-state index < -0.39 is 0 Å². The summed E-state index contributed by atoms with van der Waals surface area (Å²) in [5.74, 6) is 0.0990. The van der Waals surface area contributed by atoms with Gasteiger partial charge >= 0.3 is 5.69 Å². The van der Waals surface area contributed by atoms with Crippen molar-refractivity contribution in [2.45, 2.75) is 6.42 Å². The second kappa shape index (κ2) is 4.02. The van der Waals surface area contributed by atoms with E-state index in [0.29, 0.717) is 11.0 Å². The van der Waals surface area contributed by atoms with E-state index in [0.717, 1.165) is 18.5 Å². The third-order valence-electron chi connectivity index (χ3n) is 2.58. The van der Waals surface area contributed by atoms with Crippen LogP contribution in [0.2, 0.25) is 0 Å². The quantitative estimate of drug-likeness (QED) is 0.713. The van der Waals surface area contributed by atoms with E-state index in [1.165, 1.54) is 0 Å². The number of phenolic OH excluding ortho intramolecular Hbond substituents is 1. The van der Waals surface area contributed by atoms with Gasteiger partial charge in [0, 0.05) is 6.54 Å². The summed E-state index contributed by atoms with van der Waals surface area (Å²) in [5.41, 5.74) is 1.93. The molecule has 0 fully saturated rings. The number of hydrogen-bond donors (Lipinski definition) is 3. The minimum Gasteiger partial charge on any atom is -0.506 e. The summed E-state index contributed by atoms with van der Waals surface area (Å²) in [6.45, 7) is 0.896. The van der Waals surface area contributed by atoms with Crippen LogP contribution in [0.4, 0.5) is 0 Å². The summed E-state index contributed by atoms with van der Waals surface area (Å²) in [7, 11) is 3.99. The second-order valence-corrected chi connectivity index (χ2v) is 4.13. The van der Waals surface area contributed by atoms with Crippen LogP contribution in [0.1, 0.15) is 5.56 Å². The molecular weight excluding hydrogens is 206 g/mol. The Bertz CT molecular complexity index is 554. The first kappa shape index (κ1) is 10.8. The zero-order valence-corrected chi connectivity index (χ0v) is 9.37. The fourth-order valence-electron chi connectivity index (χ4n) is 1.71. The highest BCUT2D eigenvalue weighted by atomic mass is 16.3. The van der Waals surface area contributed by atoms with Gasteiger partial charge in [-0.25, -0.2) is 4.79 Å². The summed E-state index contributed by atoms with van der Waals surface area (Å²) in [5, 5.41) is 9.59. The molecule has 2 rings (SSSR count). The Morgan fingerprint density at radius 3 is 2.62 bits per heavy atom. The van der Waals surface area contributed by atoms with Crippen molar-refractivity contribution < 1.29 is 5.11 Å². The Labute approximate surface area is 92.7 Å². The Balaban J connectivity index is 2.45. The molecular formula is C11H15N3O2. The predicted molar refractivity (Wildman–Crippen MR) is 62.8 cm³/mol. The molecule has 3 N–H and O–H groups in total. The molecule has 0 aliphatic carbocycles. The van der Waals surface area contributed by atoms with Crippen LogP contribution in [-0.2, 0) is 6.42 Å². The van der Waals surface area contributed by atoms with Gasteiger partial charge in [0.25, 0.3) is 0 Å². The highest BCUT2D eigenvalue weighted by molar-refractivity contribution is 5.83. The Morgan fingerprint density at radius 1 is 1.25 bits per heavy atom. The molecule has 1 aromatic heterocycles. The van der Waals surface area contributed by atoms with Crippen molar-refractivity contribution in [1.29, 1.82) is 0 Å². The van der Waals surface area contributed by atoms with Gasteiger partial charge in [-0.15, -0.1) is 0 Å². The van der Waals surface area contributed by atoms with Gasteiger partial charge in [0.2, 0.25) is 0 Å². The summed E-state index contributed by atoms with van der Waals surface area (Å²) in [4.78, 5) is 18.6. The number of phenols is 1. The van der Waals surface area contributed by atoms with Gasteiger partial charge in [-0.3, -0.25) is 0 Å². The maximum absolute atomic E-state index is 11.2. The molecule has 0 bridgehead atoms. The van der Waals surface area contributed by atoms with E-state index in [9.17, 15) is 9.90 Å². The van der Waals surface area contributed by atoms with Crippen molar-refractivity contribution in [2.24, 2.45) is 0 Å². The Morgan fingerprint density at radius 2 is 1.94 bits per heavy atom. The van der Waals surface area contributed by atoms with Gasteiger partial charge in [0.1, 0.15) is 11.3 Å². The van der Waals surface area contributed by atoms with E-state index in [2.05, 4.69) is 14.9 Å². The van der Waals surface area contributed by atoms with Gasteiger partial charge in [0.05, 0.1) is 5.52 Å². The van der Waals surface area contributed by atoms with E-state index in [-0.39, 0.29) is 11.4 Å². The zero-order chi connectivity index (χ0) is 11.7. The van der Waals surface area contributed by atoms with Crippen LogP contribution < -0.4 is 5.69 Å². The average molecular weight is 221 g/mol. The average Bonchev–Trinajstić information content (AvgIpc) is 2.59. The maximum atomic E-state index is 11.2. The number of aromatic amines is 2. The van der Waals surface area contributed by atoms with Crippen molar-refractivity contribution in [3.63, 3.8) is 0 Å². The molecule has 2 aromatic rings. The first-order chi connectivity index (χ1) is 7.58. The van der Waals surface area contributed by atoms with Crippen molar-refractivity contribution in [3.8, 4) is 5.75 Å². The SMILES string of the molecule is CN(C)CCc1ccc(O)c2[nH]c(=O)[nH]c12. The lowest BCUT2D eigenvalue weighted by Crippen LogP contribution is -2.15. The molecule has 0 saturated heterocycles. The monoisotopic (exact) mass is 221 g/mol. The van der Waals surface area contributed by atoms with E-state index in [4.69, 9.17) is 0 Å². The number of aromatic hydroxyl groups is 1. The van der Waals surface area contributed by atoms with Crippen LogP contribution >= 0.6 is 0 Å². The Hall–Kier alpha value is -1.75. The number of H-pyrrole nitrogens is 2. The molecule has 0 aliphatic rings. The van der Waals surface area contributed by atoms with Crippen LogP contribution in [0.25, 0.3) is 11.0 Å². The molecule has 1 heterocycles. The number of hydrogen-bond acceptors (Lipinski definition) is 3. The summed E-state index contributed by atoms with van der Waals surface area (Å²) in [6.07, 6.45) is 0.831. The summed E-state index contributed by atoms with van der Waals surface area (Å²) in [6, 6.07) is 3.45. The number of nitrogens with one attached hydrogen (secondary N) is 2. The standard InChI is InChI=1S/C11H15N3O2/c1-14(2)6-5-7-3-4-8(15)10-9(7)12-11(16)13-10/h3-4,15H,5-6H2,1-2H3,(H2,12,13,16). The number of fused-ring (bicyclic) bond motifs is 1. The van der Waals surface area contributed by atoms with Crippen molar-refractivity contribution in [3.05, 3.63) is 28.2 Å². The third-order valence-corrected chi connectivity index (χ3v) is 2.58. The van der Waals surface area contributed by atoms with E-state index >= 15 is 0 Å². The minimum absolute atomic E-state index is 0.0990. The van der Waals surface area contributed by atoms with Gasteiger partial charge in [0.15, 0.2) is 0 Å². The van der Waals surface area contributed by atoms with Crippen molar-refractivity contribution in [1.82, 2.24) is 14.9 Å². The number of rotatable bonds is 3. The Kier molecular flexibility index (Phi) is 2.70. The number of nitrogens with zero attached hydrogens (tertiary/aromatic N) is 1. The highest BCUT2D eigenvalue weighted by Crippen LogP contribution is 2.23. The number of imidazole rings is 1. The van der Waals surface area contributed by atoms with Crippen LogP contribution in [0.3, 0.4) is 0 Å². The first-order valence-electron chi connectivity index (χ1n) is 5.15.